The molecule has 0 bridgehead atoms. The van der Waals surface area contributed by atoms with Crippen molar-refractivity contribution >= 4 is 5.97 Å². The van der Waals surface area contributed by atoms with Gasteiger partial charge in [0, 0.05) is 6.61 Å². The molecule has 20 heavy (non-hydrogen) atoms. The summed E-state index contributed by atoms with van der Waals surface area (Å²) in [5.41, 5.74) is 6.67. The Morgan fingerprint density at radius 3 is 2.65 bits per heavy atom. The Labute approximate surface area is 119 Å². The summed E-state index contributed by atoms with van der Waals surface area (Å²) in [6.07, 6.45) is 1.17. The molecule has 0 saturated heterocycles. The van der Waals surface area contributed by atoms with Crippen molar-refractivity contribution in [2.45, 2.75) is 38.0 Å². The minimum atomic E-state index is -0.967. The lowest BCUT2D eigenvalue weighted by Gasteiger charge is -2.16. The summed E-state index contributed by atoms with van der Waals surface area (Å²) >= 11 is 0. The largest absolute Gasteiger partial charge is 0.468 e. The van der Waals surface area contributed by atoms with Crippen LogP contribution in [0.3, 0.4) is 0 Å². The highest BCUT2D eigenvalue weighted by atomic mass is 16.5. The smallest absolute Gasteiger partial charge is 0.325 e. The summed E-state index contributed by atoms with van der Waals surface area (Å²) in [4.78, 5) is 11.1. The molecule has 0 saturated carbocycles. The maximum Gasteiger partial charge on any atom is 0.325 e. The summed E-state index contributed by atoms with van der Waals surface area (Å²) < 4.78 is 10.0. The Morgan fingerprint density at radius 1 is 1.30 bits per heavy atom. The fraction of sp³-hybridized carbons (Fsp3) is 0.533. The summed E-state index contributed by atoms with van der Waals surface area (Å²) in [6, 6.07) is 8.98. The van der Waals surface area contributed by atoms with E-state index in [-0.39, 0.29) is 0 Å². The minimum Gasteiger partial charge on any atom is -0.468 e. The first-order chi connectivity index (χ1) is 9.65. The van der Waals surface area contributed by atoms with Crippen molar-refractivity contribution < 1.29 is 19.4 Å². The van der Waals surface area contributed by atoms with Gasteiger partial charge >= 0.3 is 5.97 Å². The molecule has 112 valence electrons. The number of carbonyl (C=O) groups is 1. The molecule has 0 fully saturated rings. The topological polar surface area (TPSA) is 81.8 Å². The molecular formula is C15H23NO4. The molecule has 0 aromatic heterocycles. The molecule has 5 heteroatoms. The van der Waals surface area contributed by atoms with Crippen LogP contribution in [0.25, 0.3) is 0 Å². The lowest BCUT2D eigenvalue weighted by molar-refractivity contribution is -0.145. The average Bonchev–Trinajstić information content (AvgIpc) is 2.49. The molecule has 1 rings (SSSR count). The zero-order chi connectivity index (χ0) is 14.8. The Balaban J connectivity index is 2.06. The van der Waals surface area contributed by atoms with Gasteiger partial charge in [-0.05, 0) is 24.8 Å². The summed E-state index contributed by atoms with van der Waals surface area (Å²) in [7, 11) is 1.26. The van der Waals surface area contributed by atoms with E-state index in [4.69, 9.17) is 10.5 Å². The SMILES string of the molecule is COC(=O)[C@@H](N)[C@@H](O)CCCCOCc1ccccc1. The number of carbonyl (C=O) groups excluding carboxylic acids is 1. The van der Waals surface area contributed by atoms with E-state index in [1.165, 1.54) is 7.11 Å². The predicted octanol–water partition coefficient (Wildman–Crippen LogP) is 1.23. The van der Waals surface area contributed by atoms with Crippen molar-refractivity contribution in [1.82, 2.24) is 0 Å². The van der Waals surface area contributed by atoms with E-state index in [0.29, 0.717) is 19.6 Å². The maximum absolute atomic E-state index is 11.1. The van der Waals surface area contributed by atoms with Gasteiger partial charge in [0.2, 0.25) is 0 Å². The number of aliphatic hydroxyl groups excluding tert-OH is 1. The van der Waals surface area contributed by atoms with Crippen molar-refractivity contribution in [2.75, 3.05) is 13.7 Å². The predicted molar refractivity (Wildman–Crippen MR) is 75.9 cm³/mol. The average molecular weight is 281 g/mol. The van der Waals surface area contributed by atoms with Gasteiger partial charge in [-0.2, -0.15) is 0 Å². The molecule has 0 heterocycles. The Morgan fingerprint density at radius 2 is 2.00 bits per heavy atom. The van der Waals surface area contributed by atoms with Crippen molar-refractivity contribution in [1.29, 1.82) is 0 Å². The number of nitrogens with two attached hydrogens (primary N) is 1. The van der Waals surface area contributed by atoms with E-state index in [0.717, 1.165) is 18.4 Å². The number of hydrogen-bond acceptors (Lipinski definition) is 5. The highest BCUT2D eigenvalue weighted by Gasteiger charge is 2.22. The van der Waals surface area contributed by atoms with Gasteiger partial charge in [-0.1, -0.05) is 30.3 Å². The van der Waals surface area contributed by atoms with E-state index in [1.54, 1.807) is 0 Å². The number of rotatable bonds is 9. The van der Waals surface area contributed by atoms with Crippen LogP contribution in [0.4, 0.5) is 0 Å². The maximum atomic E-state index is 11.1. The van der Waals surface area contributed by atoms with Crippen molar-refractivity contribution in [3.63, 3.8) is 0 Å². The second-order valence-corrected chi connectivity index (χ2v) is 4.65. The zero-order valence-corrected chi connectivity index (χ0v) is 11.8. The fourth-order valence-corrected chi connectivity index (χ4v) is 1.79. The molecule has 5 nitrogen and oxygen atoms in total. The van der Waals surface area contributed by atoms with E-state index < -0.39 is 18.1 Å². The first kappa shape index (κ1) is 16.6. The molecule has 0 spiro atoms. The van der Waals surface area contributed by atoms with Crippen LogP contribution in [-0.2, 0) is 20.9 Å². The van der Waals surface area contributed by atoms with E-state index in [2.05, 4.69) is 4.74 Å². The van der Waals surface area contributed by atoms with Gasteiger partial charge in [-0.15, -0.1) is 0 Å². The number of hydrogen-bond donors (Lipinski definition) is 2. The third kappa shape index (κ3) is 6.14. The normalized spacial score (nSPS) is 13.8. The van der Waals surface area contributed by atoms with Gasteiger partial charge in [0.25, 0.3) is 0 Å². The lowest BCUT2D eigenvalue weighted by Crippen LogP contribution is -2.42. The number of esters is 1. The van der Waals surface area contributed by atoms with Crippen LogP contribution in [0.1, 0.15) is 24.8 Å². The van der Waals surface area contributed by atoms with Crippen molar-refractivity contribution in [2.24, 2.45) is 5.73 Å². The third-order valence-corrected chi connectivity index (χ3v) is 3.04. The molecule has 1 aromatic carbocycles. The minimum absolute atomic E-state index is 0.463. The Hall–Kier alpha value is -1.43. The summed E-state index contributed by atoms with van der Waals surface area (Å²) in [6.45, 7) is 1.21. The van der Waals surface area contributed by atoms with Crippen molar-refractivity contribution in [3.8, 4) is 0 Å². The quantitative estimate of drug-likeness (QED) is 0.525. The number of benzene rings is 1. The Bertz CT molecular complexity index is 383. The molecule has 1 aromatic rings. The monoisotopic (exact) mass is 281 g/mol. The highest BCUT2D eigenvalue weighted by Crippen LogP contribution is 2.06. The fourth-order valence-electron chi connectivity index (χ4n) is 1.79. The second kappa shape index (κ2) is 9.47. The molecule has 0 unspecified atom stereocenters. The number of aliphatic hydroxyl groups is 1. The first-order valence-corrected chi connectivity index (χ1v) is 6.78. The number of ether oxygens (including phenoxy) is 2. The van der Waals surface area contributed by atoms with Gasteiger partial charge in [-0.3, -0.25) is 4.79 Å². The number of unbranched alkanes of at least 4 members (excludes halogenated alkanes) is 1. The van der Waals surface area contributed by atoms with E-state index in [9.17, 15) is 9.90 Å². The molecule has 3 N–H and O–H groups in total. The molecule has 0 aliphatic rings. The van der Waals surface area contributed by atoms with E-state index in [1.807, 2.05) is 30.3 Å². The molecule has 0 aliphatic carbocycles. The van der Waals surface area contributed by atoms with Gasteiger partial charge < -0.3 is 20.3 Å². The van der Waals surface area contributed by atoms with Crippen LogP contribution < -0.4 is 5.73 Å². The third-order valence-electron chi connectivity index (χ3n) is 3.04. The van der Waals surface area contributed by atoms with Gasteiger partial charge in [0.15, 0.2) is 0 Å². The molecule has 0 aliphatic heterocycles. The zero-order valence-electron chi connectivity index (χ0n) is 11.8. The van der Waals surface area contributed by atoms with Gasteiger partial charge in [0.1, 0.15) is 6.04 Å². The van der Waals surface area contributed by atoms with Crippen LogP contribution in [0.2, 0.25) is 0 Å². The molecular weight excluding hydrogens is 258 g/mol. The standard InChI is InChI=1S/C15H23NO4/c1-19-15(18)14(16)13(17)9-5-6-10-20-11-12-7-3-2-4-8-12/h2-4,7-8,13-14,17H,5-6,9-11,16H2,1H3/t13-,14-/m0/s1. The summed E-state index contributed by atoms with van der Waals surface area (Å²) in [5.74, 6) is -0.585. The van der Waals surface area contributed by atoms with Crippen LogP contribution in [0.5, 0.6) is 0 Å². The lowest BCUT2D eigenvalue weighted by atomic mass is 10.1. The van der Waals surface area contributed by atoms with Crippen LogP contribution in [0.15, 0.2) is 30.3 Å². The summed E-state index contributed by atoms with van der Waals surface area (Å²) in [5, 5.41) is 9.69. The van der Waals surface area contributed by atoms with Crippen LogP contribution >= 0.6 is 0 Å². The van der Waals surface area contributed by atoms with Crippen molar-refractivity contribution in [3.05, 3.63) is 35.9 Å². The van der Waals surface area contributed by atoms with Gasteiger partial charge in [-0.25, -0.2) is 0 Å². The first-order valence-electron chi connectivity index (χ1n) is 6.78. The van der Waals surface area contributed by atoms with Crippen LogP contribution in [-0.4, -0.2) is 36.9 Å². The molecule has 0 radical (unpaired) electrons. The Kier molecular flexibility index (Phi) is 7.87. The van der Waals surface area contributed by atoms with Crippen LogP contribution in [0, 0.1) is 0 Å². The highest BCUT2D eigenvalue weighted by molar-refractivity contribution is 5.75. The van der Waals surface area contributed by atoms with Gasteiger partial charge in [0.05, 0.1) is 19.8 Å². The molecule has 2 atom stereocenters. The molecule has 0 amide bonds. The van der Waals surface area contributed by atoms with E-state index >= 15 is 0 Å². The number of methoxy groups -OCH3 is 1. The second-order valence-electron chi connectivity index (χ2n) is 4.65.